The van der Waals surface area contributed by atoms with E-state index in [0.29, 0.717) is 19.4 Å². The Morgan fingerprint density at radius 1 is 1.35 bits per heavy atom. The van der Waals surface area contributed by atoms with Gasteiger partial charge in [0.05, 0.1) is 0 Å². The van der Waals surface area contributed by atoms with Crippen molar-refractivity contribution < 1.29 is 22.8 Å². The van der Waals surface area contributed by atoms with Gasteiger partial charge in [0.25, 0.3) is 0 Å². The smallest absolute Gasteiger partial charge is 0.356 e. The fraction of sp³-hybridized carbons (Fsp3) is 0.833. The lowest BCUT2D eigenvalue weighted by molar-refractivity contribution is -0.186. The van der Waals surface area contributed by atoms with Crippen LogP contribution in [0, 0.1) is 11.8 Å². The number of alkyl halides is 3. The van der Waals surface area contributed by atoms with Crippen LogP contribution in [0.4, 0.5) is 13.2 Å². The molecule has 1 aliphatic rings. The summed E-state index contributed by atoms with van der Waals surface area (Å²) in [6.07, 6.45) is -3.89. The first-order valence-corrected chi connectivity index (χ1v) is 6.59. The highest BCUT2D eigenvalue weighted by Crippen LogP contribution is 2.23. The third-order valence-electron chi connectivity index (χ3n) is 3.51. The molecule has 8 heteroatoms. The Bertz CT molecular complexity index is 352. The van der Waals surface area contributed by atoms with Gasteiger partial charge in [-0.2, -0.15) is 13.2 Å². The highest BCUT2D eigenvalue weighted by atomic mass is 19.4. The van der Waals surface area contributed by atoms with Crippen molar-refractivity contribution in [2.45, 2.75) is 25.9 Å². The van der Waals surface area contributed by atoms with Crippen molar-refractivity contribution in [1.29, 1.82) is 0 Å². The molecule has 0 aromatic rings. The lowest BCUT2D eigenvalue weighted by Crippen LogP contribution is -2.47. The normalized spacial score (nSPS) is 18.8. The molecule has 3 N–H and O–H groups in total. The molecule has 1 unspecified atom stereocenters. The summed E-state index contributed by atoms with van der Waals surface area (Å²) in [5.41, 5.74) is 5.36. The number of hydrogen-bond acceptors (Lipinski definition) is 3. The third-order valence-corrected chi connectivity index (χ3v) is 3.51. The van der Waals surface area contributed by atoms with Gasteiger partial charge in [-0.25, -0.2) is 0 Å². The highest BCUT2D eigenvalue weighted by molar-refractivity contribution is 5.82. The number of nitrogens with zero attached hydrogens (tertiary/aromatic N) is 1. The molecule has 2 amide bonds. The SMILES string of the molecule is CC(CN)C(=O)NCC1CCN(C(=O)C(F)(F)F)CC1. The van der Waals surface area contributed by atoms with E-state index < -0.39 is 12.1 Å². The first-order chi connectivity index (χ1) is 9.25. The van der Waals surface area contributed by atoms with Crippen LogP contribution in [-0.2, 0) is 9.59 Å². The molecule has 5 nitrogen and oxygen atoms in total. The van der Waals surface area contributed by atoms with Gasteiger partial charge >= 0.3 is 12.1 Å². The van der Waals surface area contributed by atoms with Crippen molar-refractivity contribution >= 4 is 11.8 Å². The first-order valence-electron chi connectivity index (χ1n) is 6.59. The maximum absolute atomic E-state index is 12.3. The third kappa shape index (κ3) is 4.66. The van der Waals surface area contributed by atoms with E-state index in [0.717, 1.165) is 4.90 Å². The number of nitrogens with one attached hydrogen (secondary N) is 1. The van der Waals surface area contributed by atoms with Crippen LogP contribution in [0.3, 0.4) is 0 Å². The minimum atomic E-state index is -4.81. The molecule has 1 aliphatic heterocycles. The number of amides is 2. The summed E-state index contributed by atoms with van der Waals surface area (Å²) in [6.45, 7) is 2.53. The van der Waals surface area contributed by atoms with Crippen LogP contribution in [-0.4, -0.2) is 49.1 Å². The average molecular weight is 295 g/mol. The summed E-state index contributed by atoms with van der Waals surface area (Å²) < 4.78 is 36.8. The summed E-state index contributed by atoms with van der Waals surface area (Å²) >= 11 is 0. The van der Waals surface area contributed by atoms with Gasteiger partial charge in [0.15, 0.2) is 0 Å². The van der Waals surface area contributed by atoms with Crippen molar-refractivity contribution in [2.24, 2.45) is 17.6 Å². The van der Waals surface area contributed by atoms with Gasteiger partial charge in [-0.3, -0.25) is 9.59 Å². The Morgan fingerprint density at radius 2 is 1.90 bits per heavy atom. The van der Waals surface area contributed by atoms with Gasteiger partial charge in [0, 0.05) is 32.1 Å². The van der Waals surface area contributed by atoms with Crippen LogP contribution in [0.1, 0.15) is 19.8 Å². The van der Waals surface area contributed by atoms with Crippen molar-refractivity contribution in [3.8, 4) is 0 Å². The molecule has 1 fully saturated rings. The van der Waals surface area contributed by atoms with Gasteiger partial charge in [-0.05, 0) is 18.8 Å². The number of hydrogen-bond donors (Lipinski definition) is 2. The van der Waals surface area contributed by atoms with Crippen molar-refractivity contribution in [2.75, 3.05) is 26.2 Å². The monoisotopic (exact) mass is 295 g/mol. The zero-order valence-electron chi connectivity index (χ0n) is 11.4. The van der Waals surface area contributed by atoms with E-state index in [1.54, 1.807) is 6.92 Å². The van der Waals surface area contributed by atoms with Gasteiger partial charge in [0.1, 0.15) is 0 Å². The lowest BCUT2D eigenvalue weighted by Gasteiger charge is -2.32. The minimum absolute atomic E-state index is 0.0747. The Hall–Kier alpha value is -1.31. The number of nitrogens with two attached hydrogens (primary N) is 1. The summed E-state index contributed by atoms with van der Waals surface area (Å²) in [6, 6.07) is 0. The lowest BCUT2D eigenvalue weighted by atomic mass is 9.96. The highest BCUT2D eigenvalue weighted by Gasteiger charge is 2.43. The summed E-state index contributed by atoms with van der Waals surface area (Å²) in [7, 11) is 0. The fourth-order valence-corrected chi connectivity index (χ4v) is 2.05. The summed E-state index contributed by atoms with van der Waals surface area (Å²) in [5, 5.41) is 2.73. The molecular weight excluding hydrogens is 275 g/mol. The Kier molecular flexibility index (Phi) is 5.79. The number of piperidine rings is 1. The minimum Gasteiger partial charge on any atom is -0.356 e. The zero-order chi connectivity index (χ0) is 15.3. The number of carbonyl (C=O) groups is 2. The molecule has 1 heterocycles. The van der Waals surface area contributed by atoms with E-state index >= 15 is 0 Å². The summed E-state index contributed by atoms with van der Waals surface area (Å²) in [4.78, 5) is 23.4. The van der Waals surface area contributed by atoms with Crippen molar-refractivity contribution in [1.82, 2.24) is 10.2 Å². The van der Waals surface area contributed by atoms with Gasteiger partial charge in [-0.15, -0.1) is 0 Å². The number of carbonyl (C=O) groups excluding carboxylic acids is 2. The van der Waals surface area contributed by atoms with Crippen LogP contribution in [0.5, 0.6) is 0 Å². The molecule has 0 radical (unpaired) electrons. The molecule has 1 atom stereocenters. The van der Waals surface area contributed by atoms with Crippen LogP contribution in [0.25, 0.3) is 0 Å². The molecule has 0 aromatic carbocycles. The first kappa shape index (κ1) is 16.7. The topological polar surface area (TPSA) is 75.4 Å². The van der Waals surface area contributed by atoms with Crippen molar-refractivity contribution in [3.63, 3.8) is 0 Å². The van der Waals surface area contributed by atoms with Crippen LogP contribution in [0.15, 0.2) is 0 Å². The molecule has 0 aliphatic carbocycles. The van der Waals surface area contributed by atoms with Crippen LogP contribution < -0.4 is 11.1 Å². The second-order valence-corrected chi connectivity index (χ2v) is 5.12. The average Bonchev–Trinajstić information content (AvgIpc) is 2.42. The van der Waals surface area contributed by atoms with E-state index in [1.807, 2.05) is 0 Å². The molecular formula is C12H20F3N3O2. The maximum Gasteiger partial charge on any atom is 0.471 e. The second-order valence-electron chi connectivity index (χ2n) is 5.12. The predicted octanol–water partition coefficient (Wildman–Crippen LogP) is 0.498. The van der Waals surface area contributed by atoms with Crippen molar-refractivity contribution in [3.05, 3.63) is 0 Å². The van der Waals surface area contributed by atoms with Crippen LogP contribution in [0.2, 0.25) is 0 Å². The number of halogens is 3. The molecule has 116 valence electrons. The van der Waals surface area contributed by atoms with E-state index in [2.05, 4.69) is 5.32 Å². The van der Waals surface area contributed by atoms with E-state index in [1.165, 1.54) is 0 Å². The Labute approximate surface area is 115 Å². The number of likely N-dealkylation sites (tertiary alicyclic amines) is 1. The molecule has 0 bridgehead atoms. The quantitative estimate of drug-likeness (QED) is 0.793. The van der Waals surface area contributed by atoms with E-state index in [-0.39, 0.29) is 37.4 Å². The van der Waals surface area contributed by atoms with E-state index in [4.69, 9.17) is 5.73 Å². The molecule has 20 heavy (non-hydrogen) atoms. The van der Waals surface area contributed by atoms with Gasteiger partial charge in [0.2, 0.25) is 5.91 Å². The summed E-state index contributed by atoms with van der Waals surface area (Å²) in [5.74, 6) is -2.11. The maximum atomic E-state index is 12.3. The predicted molar refractivity (Wildman–Crippen MR) is 66.6 cm³/mol. The molecule has 0 aromatic heterocycles. The zero-order valence-corrected chi connectivity index (χ0v) is 11.4. The Balaban J connectivity index is 2.33. The molecule has 0 spiro atoms. The largest absolute Gasteiger partial charge is 0.471 e. The second kappa shape index (κ2) is 6.92. The van der Waals surface area contributed by atoms with E-state index in [9.17, 15) is 22.8 Å². The fourth-order valence-electron chi connectivity index (χ4n) is 2.05. The van der Waals surface area contributed by atoms with Crippen LogP contribution >= 0.6 is 0 Å². The number of rotatable bonds is 4. The molecule has 1 saturated heterocycles. The molecule has 1 rings (SSSR count). The Morgan fingerprint density at radius 3 is 2.35 bits per heavy atom. The van der Waals surface area contributed by atoms with Gasteiger partial charge < -0.3 is 16.0 Å². The standard InChI is InChI=1S/C12H20F3N3O2/c1-8(6-16)10(19)17-7-9-2-4-18(5-3-9)11(20)12(13,14)15/h8-9H,2-7,16H2,1H3,(H,17,19). The van der Waals surface area contributed by atoms with Gasteiger partial charge in [-0.1, -0.05) is 6.92 Å². The molecule has 0 saturated carbocycles.